The van der Waals surface area contributed by atoms with Gasteiger partial charge in [0.2, 0.25) is 0 Å². The quantitative estimate of drug-likeness (QED) is 0.324. The van der Waals surface area contributed by atoms with Crippen LogP contribution in [0.15, 0.2) is 76.7 Å². The minimum absolute atomic E-state index is 0.0850. The highest BCUT2D eigenvalue weighted by molar-refractivity contribution is 8.03. The molecule has 0 bridgehead atoms. The van der Waals surface area contributed by atoms with Crippen LogP contribution in [0, 0.1) is 0 Å². The number of halogens is 1. The SMILES string of the molecule is C=C/C(Cl)=C\C=C(/C)Sc1cn(/C(C=C)=C/C=C\C)nc1C(C)=O. The van der Waals surface area contributed by atoms with Crippen molar-refractivity contribution in [3.63, 3.8) is 0 Å². The molecule has 1 heterocycles. The van der Waals surface area contributed by atoms with E-state index in [-0.39, 0.29) is 5.78 Å². The zero-order chi connectivity index (χ0) is 18.1. The summed E-state index contributed by atoms with van der Waals surface area (Å²) < 4.78 is 1.66. The molecule has 0 aliphatic heterocycles. The van der Waals surface area contributed by atoms with Crippen LogP contribution in [0.1, 0.15) is 31.3 Å². The van der Waals surface area contributed by atoms with Gasteiger partial charge < -0.3 is 0 Å². The molecule has 0 aliphatic carbocycles. The maximum Gasteiger partial charge on any atom is 0.181 e. The molecule has 0 spiro atoms. The molecule has 0 saturated carbocycles. The van der Waals surface area contributed by atoms with Gasteiger partial charge in [-0.1, -0.05) is 60.8 Å². The van der Waals surface area contributed by atoms with Gasteiger partial charge in [0.25, 0.3) is 0 Å². The molecule has 0 N–H and O–H groups in total. The highest BCUT2D eigenvalue weighted by atomic mass is 35.5. The fourth-order valence-electron chi connectivity index (χ4n) is 1.71. The van der Waals surface area contributed by atoms with Crippen molar-refractivity contribution >= 4 is 34.8 Å². The first kappa shape index (κ1) is 20.0. The van der Waals surface area contributed by atoms with Gasteiger partial charge in [-0.25, -0.2) is 4.68 Å². The van der Waals surface area contributed by atoms with Crippen LogP contribution < -0.4 is 0 Å². The number of Topliss-reactive ketones (excluding diaryl/α,β-unsaturated/α-hetero) is 1. The number of aromatic nitrogens is 2. The molecular formula is C19H21ClN2OS. The summed E-state index contributed by atoms with van der Waals surface area (Å²) in [7, 11) is 0. The predicted molar refractivity (Wildman–Crippen MR) is 105 cm³/mol. The molecule has 5 heteroatoms. The third kappa shape index (κ3) is 5.87. The van der Waals surface area contributed by atoms with Gasteiger partial charge in [-0.05, 0) is 37.0 Å². The van der Waals surface area contributed by atoms with Crippen LogP contribution in [0.3, 0.4) is 0 Å². The first-order valence-corrected chi connectivity index (χ1v) is 8.53. The van der Waals surface area contributed by atoms with E-state index in [4.69, 9.17) is 11.6 Å². The maximum absolute atomic E-state index is 11.9. The fraction of sp³-hybridized carbons (Fsp3) is 0.158. The Morgan fingerprint density at radius 1 is 1.25 bits per heavy atom. The molecule has 0 aliphatic rings. The van der Waals surface area contributed by atoms with Crippen molar-refractivity contribution in [1.82, 2.24) is 9.78 Å². The molecule has 126 valence electrons. The summed E-state index contributed by atoms with van der Waals surface area (Å²) in [6, 6.07) is 0. The second-order valence-electron chi connectivity index (χ2n) is 4.80. The minimum atomic E-state index is -0.0850. The molecule has 1 aromatic rings. The second kappa shape index (κ2) is 9.96. The summed E-state index contributed by atoms with van der Waals surface area (Å²) in [5.41, 5.74) is 1.22. The molecule has 0 amide bonds. The van der Waals surface area contributed by atoms with Gasteiger partial charge in [0.15, 0.2) is 5.78 Å². The van der Waals surface area contributed by atoms with Crippen molar-refractivity contribution in [2.45, 2.75) is 25.7 Å². The number of allylic oxidation sites excluding steroid dienone is 10. The molecular weight excluding hydrogens is 340 g/mol. The Balaban J connectivity index is 3.21. The van der Waals surface area contributed by atoms with E-state index in [0.717, 1.165) is 15.5 Å². The van der Waals surface area contributed by atoms with Gasteiger partial charge in [-0.15, -0.1) is 0 Å². The number of thioether (sulfide) groups is 1. The van der Waals surface area contributed by atoms with E-state index in [1.54, 1.807) is 22.9 Å². The first-order valence-electron chi connectivity index (χ1n) is 7.33. The number of ketones is 1. The van der Waals surface area contributed by atoms with E-state index in [9.17, 15) is 4.79 Å². The minimum Gasteiger partial charge on any atom is -0.293 e. The number of hydrogen-bond acceptors (Lipinski definition) is 3. The van der Waals surface area contributed by atoms with Gasteiger partial charge in [0, 0.05) is 18.2 Å². The second-order valence-corrected chi connectivity index (χ2v) is 6.52. The number of hydrogen-bond donors (Lipinski definition) is 0. The summed E-state index contributed by atoms with van der Waals surface area (Å²) in [6.45, 7) is 12.8. The normalized spacial score (nSPS) is 13.4. The molecule has 0 unspecified atom stereocenters. The van der Waals surface area contributed by atoms with E-state index in [1.165, 1.54) is 18.7 Å². The van der Waals surface area contributed by atoms with E-state index in [1.807, 2.05) is 44.3 Å². The molecule has 24 heavy (non-hydrogen) atoms. The van der Waals surface area contributed by atoms with E-state index in [2.05, 4.69) is 18.3 Å². The van der Waals surface area contributed by atoms with Crippen LogP contribution in [0.5, 0.6) is 0 Å². The molecule has 0 fully saturated rings. The van der Waals surface area contributed by atoms with Crippen LogP contribution in [0.4, 0.5) is 0 Å². The van der Waals surface area contributed by atoms with Crippen LogP contribution >= 0.6 is 23.4 Å². The molecule has 0 saturated heterocycles. The largest absolute Gasteiger partial charge is 0.293 e. The Morgan fingerprint density at radius 2 is 1.96 bits per heavy atom. The van der Waals surface area contributed by atoms with Gasteiger partial charge in [-0.2, -0.15) is 5.10 Å². The lowest BCUT2D eigenvalue weighted by Gasteiger charge is -2.00. The molecule has 0 aromatic carbocycles. The first-order chi connectivity index (χ1) is 11.4. The van der Waals surface area contributed by atoms with Gasteiger partial charge >= 0.3 is 0 Å². The number of carbonyl (C=O) groups is 1. The lowest BCUT2D eigenvalue weighted by atomic mass is 10.3. The Morgan fingerprint density at radius 3 is 2.50 bits per heavy atom. The third-order valence-corrected chi connectivity index (χ3v) is 4.15. The van der Waals surface area contributed by atoms with Crippen molar-refractivity contribution in [3.05, 3.63) is 77.5 Å². The van der Waals surface area contributed by atoms with Crippen LogP contribution in [0.25, 0.3) is 5.70 Å². The van der Waals surface area contributed by atoms with E-state index in [0.29, 0.717) is 10.7 Å². The summed E-state index contributed by atoms with van der Waals surface area (Å²) in [4.78, 5) is 13.7. The van der Waals surface area contributed by atoms with E-state index < -0.39 is 0 Å². The van der Waals surface area contributed by atoms with Gasteiger partial charge in [-0.3, -0.25) is 4.79 Å². The predicted octanol–water partition coefficient (Wildman–Crippen LogP) is 5.99. The average Bonchev–Trinajstić information content (AvgIpc) is 2.97. The van der Waals surface area contributed by atoms with Gasteiger partial charge in [0.05, 0.1) is 10.6 Å². The lowest BCUT2D eigenvalue weighted by Crippen LogP contribution is -1.99. The number of rotatable bonds is 8. The van der Waals surface area contributed by atoms with E-state index >= 15 is 0 Å². The zero-order valence-electron chi connectivity index (χ0n) is 14.1. The lowest BCUT2D eigenvalue weighted by molar-refractivity contribution is 0.101. The Bertz CT molecular complexity index is 751. The van der Waals surface area contributed by atoms with Crippen molar-refractivity contribution in [1.29, 1.82) is 0 Å². The van der Waals surface area contributed by atoms with Crippen molar-refractivity contribution in [3.8, 4) is 0 Å². The Kier molecular flexibility index (Phi) is 8.30. The topological polar surface area (TPSA) is 34.9 Å². The summed E-state index contributed by atoms with van der Waals surface area (Å²) in [5.74, 6) is -0.0850. The molecule has 0 atom stereocenters. The summed E-state index contributed by atoms with van der Waals surface area (Å²) >= 11 is 7.36. The Hall–Kier alpha value is -2.04. The van der Waals surface area contributed by atoms with Gasteiger partial charge in [0.1, 0.15) is 5.69 Å². The monoisotopic (exact) mass is 360 g/mol. The molecule has 3 nitrogen and oxygen atoms in total. The van der Waals surface area contributed by atoms with Crippen molar-refractivity contribution in [2.75, 3.05) is 0 Å². The standard InChI is InChI=1S/C19H21ClN2OS/c1-6-9-10-17(8-3)22-13-18(19(21-22)15(5)23)24-14(4)11-12-16(20)7-2/h6-13H,2-3H2,1,4-5H3/b9-6-,14-11+,16-12+,17-10+. The molecule has 0 radical (unpaired) electrons. The van der Waals surface area contributed by atoms with Crippen LogP contribution in [0.2, 0.25) is 0 Å². The zero-order valence-corrected chi connectivity index (χ0v) is 15.7. The molecule has 1 rings (SSSR count). The third-order valence-electron chi connectivity index (χ3n) is 2.89. The van der Waals surface area contributed by atoms with Crippen LogP contribution in [-0.2, 0) is 0 Å². The summed E-state index contributed by atoms with van der Waals surface area (Å²) in [6.07, 6.45) is 14.4. The van der Waals surface area contributed by atoms with Crippen LogP contribution in [-0.4, -0.2) is 15.6 Å². The van der Waals surface area contributed by atoms with Crippen molar-refractivity contribution in [2.24, 2.45) is 0 Å². The maximum atomic E-state index is 11.9. The number of carbonyl (C=O) groups excluding carboxylic acids is 1. The highest BCUT2D eigenvalue weighted by Gasteiger charge is 2.15. The Labute approximate surface area is 152 Å². The highest BCUT2D eigenvalue weighted by Crippen LogP contribution is 2.30. The smallest absolute Gasteiger partial charge is 0.181 e. The van der Waals surface area contributed by atoms with Crippen molar-refractivity contribution < 1.29 is 4.79 Å². The fourth-order valence-corrected chi connectivity index (χ4v) is 2.69. The number of nitrogens with zero attached hydrogens (tertiary/aromatic N) is 2. The summed E-state index contributed by atoms with van der Waals surface area (Å²) in [5, 5.41) is 4.94. The molecule has 1 aromatic heterocycles. The average molecular weight is 361 g/mol.